The van der Waals surface area contributed by atoms with Gasteiger partial charge in [0.25, 0.3) is 0 Å². The van der Waals surface area contributed by atoms with Crippen LogP contribution in [0.2, 0.25) is 10.0 Å². The van der Waals surface area contributed by atoms with E-state index in [1.54, 1.807) is 0 Å². The van der Waals surface area contributed by atoms with Crippen LogP contribution in [0.3, 0.4) is 0 Å². The van der Waals surface area contributed by atoms with Gasteiger partial charge in [-0.25, -0.2) is 18.0 Å². The van der Waals surface area contributed by atoms with Gasteiger partial charge < -0.3 is 9.84 Å². The van der Waals surface area contributed by atoms with Crippen molar-refractivity contribution in [3.63, 3.8) is 0 Å². The Hall–Kier alpha value is -1.73. The molecule has 1 aromatic rings. The molecule has 0 bridgehead atoms. The third-order valence-electron chi connectivity index (χ3n) is 3.16. The average molecular weight is 382 g/mol. The number of nitrogens with zero attached hydrogens (tertiary/aromatic N) is 1. The number of hydrogen-bond acceptors (Lipinski definition) is 4. The highest BCUT2D eigenvalue weighted by Crippen LogP contribution is 2.36. The number of aliphatic imine (C=N–C) groups is 1. The van der Waals surface area contributed by atoms with Gasteiger partial charge >= 0.3 is 5.97 Å². The molecule has 1 saturated carbocycles. The minimum absolute atomic E-state index is 0.0175. The standard InChI is InChI=1S/C15H12Cl2F3NO3/c1-2-24-15(23)7(5-21-6-3-4-6)14(22)8-9(16)12(19)13(20)10(17)11(8)18/h5-6,22H,2-4H2,1H3. The van der Waals surface area contributed by atoms with Crippen molar-refractivity contribution >= 4 is 41.1 Å². The number of benzene rings is 1. The highest BCUT2D eigenvalue weighted by Gasteiger charge is 2.29. The third kappa shape index (κ3) is 3.67. The van der Waals surface area contributed by atoms with E-state index in [-0.39, 0.29) is 12.6 Å². The lowest BCUT2D eigenvalue weighted by Crippen LogP contribution is -2.13. The first-order chi connectivity index (χ1) is 11.3. The van der Waals surface area contributed by atoms with Crippen LogP contribution in [-0.2, 0) is 9.53 Å². The minimum atomic E-state index is -1.69. The zero-order chi connectivity index (χ0) is 18.0. The summed E-state index contributed by atoms with van der Waals surface area (Å²) in [5, 5.41) is 7.99. The molecule has 1 fully saturated rings. The molecule has 0 amide bonds. The Labute approximate surface area is 145 Å². The molecule has 0 aromatic heterocycles. The van der Waals surface area contributed by atoms with Crippen LogP contribution in [-0.4, -0.2) is 29.9 Å². The molecule has 0 spiro atoms. The average Bonchev–Trinajstić information content (AvgIpc) is 3.36. The maximum absolute atomic E-state index is 14.2. The summed E-state index contributed by atoms with van der Waals surface area (Å²) in [5.41, 5.74) is -1.47. The molecule has 0 aliphatic heterocycles. The molecule has 0 unspecified atom stereocenters. The van der Waals surface area contributed by atoms with Crippen molar-refractivity contribution in [3.05, 3.63) is 38.6 Å². The number of hydrogen-bond donors (Lipinski definition) is 1. The Morgan fingerprint density at radius 1 is 1.25 bits per heavy atom. The molecule has 0 heterocycles. The molecule has 1 aromatic carbocycles. The van der Waals surface area contributed by atoms with Crippen LogP contribution in [0.5, 0.6) is 0 Å². The smallest absolute Gasteiger partial charge is 0.343 e. The number of carbonyl (C=O) groups excluding carboxylic acids is 1. The summed E-state index contributed by atoms with van der Waals surface area (Å²) in [7, 11) is 0. The highest BCUT2D eigenvalue weighted by atomic mass is 35.5. The van der Waals surface area contributed by atoms with Gasteiger partial charge in [-0.3, -0.25) is 4.99 Å². The fourth-order valence-electron chi connectivity index (χ4n) is 1.77. The van der Waals surface area contributed by atoms with E-state index in [4.69, 9.17) is 27.9 Å². The monoisotopic (exact) mass is 381 g/mol. The van der Waals surface area contributed by atoms with Gasteiger partial charge in [-0.05, 0) is 19.8 Å². The Balaban J connectivity index is 2.64. The lowest BCUT2D eigenvalue weighted by atomic mass is 10.1. The molecule has 1 aliphatic carbocycles. The van der Waals surface area contributed by atoms with Gasteiger partial charge in [0.15, 0.2) is 17.5 Å². The van der Waals surface area contributed by atoms with Crippen molar-refractivity contribution in [1.82, 2.24) is 0 Å². The summed E-state index contributed by atoms with van der Waals surface area (Å²) in [5.74, 6) is -6.90. The molecule has 4 nitrogen and oxygen atoms in total. The summed E-state index contributed by atoms with van der Waals surface area (Å²) in [6, 6.07) is -0.0175. The maximum atomic E-state index is 14.2. The first-order valence-corrected chi connectivity index (χ1v) is 7.70. The largest absolute Gasteiger partial charge is 0.506 e. The van der Waals surface area contributed by atoms with E-state index in [9.17, 15) is 23.1 Å². The molecule has 9 heteroatoms. The quantitative estimate of drug-likeness (QED) is 0.204. The predicted molar refractivity (Wildman–Crippen MR) is 84.0 cm³/mol. The van der Waals surface area contributed by atoms with Gasteiger partial charge in [0.2, 0.25) is 0 Å². The van der Waals surface area contributed by atoms with Crippen molar-refractivity contribution in [2.45, 2.75) is 25.8 Å². The summed E-state index contributed by atoms with van der Waals surface area (Å²) >= 11 is 10.9. The first-order valence-electron chi connectivity index (χ1n) is 6.94. The van der Waals surface area contributed by atoms with E-state index in [0.29, 0.717) is 0 Å². The van der Waals surface area contributed by atoms with Crippen molar-refractivity contribution < 1.29 is 27.8 Å². The molecule has 1 aliphatic rings. The summed E-state index contributed by atoms with van der Waals surface area (Å²) < 4.78 is 46.0. The number of halogens is 5. The molecule has 0 radical (unpaired) electrons. The van der Waals surface area contributed by atoms with E-state index >= 15 is 0 Å². The number of aliphatic hydroxyl groups excluding tert-OH is 1. The number of aliphatic hydroxyl groups is 1. The molecule has 2 rings (SSSR count). The minimum Gasteiger partial charge on any atom is -0.506 e. The summed E-state index contributed by atoms with van der Waals surface area (Å²) in [6.07, 6.45) is 2.61. The molecule has 130 valence electrons. The number of ether oxygens (including phenoxy) is 1. The Morgan fingerprint density at radius 2 is 1.83 bits per heavy atom. The lowest BCUT2D eigenvalue weighted by molar-refractivity contribution is -0.137. The van der Waals surface area contributed by atoms with Gasteiger partial charge in [-0.1, -0.05) is 23.2 Å². The first kappa shape index (κ1) is 18.6. The van der Waals surface area contributed by atoms with E-state index in [2.05, 4.69) is 4.99 Å². The Kier molecular flexibility index (Phi) is 5.77. The maximum Gasteiger partial charge on any atom is 0.343 e. The second-order valence-corrected chi connectivity index (χ2v) is 5.69. The van der Waals surface area contributed by atoms with Crippen LogP contribution in [0.4, 0.5) is 13.2 Å². The zero-order valence-electron chi connectivity index (χ0n) is 12.4. The van der Waals surface area contributed by atoms with Crippen LogP contribution >= 0.6 is 23.2 Å². The van der Waals surface area contributed by atoms with Crippen LogP contribution < -0.4 is 0 Å². The molecule has 24 heavy (non-hydrogen) atoms. The van der Waals surface area contributed by atoms with Crippen molar-refractivity contribution in [2.75, 3.05) is 6.61 Å². The highest BCUT2D eigenvalue weighted by molar-refractivity contribution is 6.35. The number of carbonyl (C=O) groups is 1. The van der Waals surface area contributed by atoms with E-state index in [1.807, 2.05) is 0 Å². The third-order valence-corrected chi connectivity index (χ3v) is 3.85. The van der Waals surface area contributed by atoms with Crippen molar-refractivity contribution in [2.24, 2.45) is 4.99 Å². The zero-order valence-corrected chi connectivity index (χ0v) is 13.9. The van der Waals surface area contributed by atoms with E-state index in [1.165, 1.54) is 6.92 Å². The van der Waals surface area contributed by atoms with Gasteiger partial charge in [0, 0.05) is 6.21 Å². The molecule has 1 N–H and O–H groups in total. The molecule has 0 saturated heterocycles. The van der Waals surface area contributed by atoms with Crippen molar-refractivity contribution in [1.29, 1.82) is 0 Å². The normalized spacial score (nSPS) is 15.6. The van der Waals surface area contributed by atoms with Gasteiger partial charge in [-0.15, -0.1) is 0 Å². The second kappa shape index (κ2) is 7.44. The molecular weight excluding hydrogens is 370 g/mol. The predicted octanol–water partition coefficient (Wildman–Crippen LogP) is 4.48. The fraction of sp³-hybridized carbons (Fsp3) is 0.333. The summed E-state index contributed by atoms with van der Waals surface area (Å²) in [4.78, 5) is 16.0. The Morgan fingerprint density at radius 3 is 2.38 bits per heavy atom. The van der Waals surface area contributed by atoms with Gasteiger partial charge in [-0.2, -0.15) is 0 Å². The van der Waals surface area contributed by atoms with Crippen LogP contribution in [0, 0.1) is 17.5 Å². The van der Waals surface area contributed by atoms with Gasteiger partial charge in [0.1, 0.15) is 16.4 Å². The van der Waals surface area contributed by atoms with Crippen LogP contribution in [0.25, 0.3) is 5.76 Å². The van der Waals surface area contributed by atoms with Crippen LogP contribution in [0.15, 0.2) is 10.6 Å². The lowest BCUT2D eigenvalue weighted by Gasteiger charge is -2.11. The van der Waals surface area contributed by atoms with E-state index in [0.717, 1.165) is 19.1 Å². The van der Waals surface area contributed by atoms with Gasteiger partial charge in [0.05, 0.1) is 23.2 Å². The SMILES string of the molecule is CCOC(=O)C(C=NC1CC1)=C(O)c1c(F)c(Cl)c(F)c(F)c1Cl. The Bertz CT molecular complexity index is 717. The number of rotatable bonds is 5. The fourth-order valence-corrected chi connectivity index (χ4v) is 2.20. The number of esters is 1. The van der Waals surface area contributed by atoms with Crippen LogP contribution in [0.1, 0.15) is 25.3 Å². The molecule has 0 atom stereocenters. The second-order valence-electron chi connectivity index (χ2n) is 4.94. The summed E-state index contributed by atoms with van der Waals surface area (Å²) in [6.45, 7) is 1.49. The van der Waals surface area contributed by atoms with Crippen molar-refractivity contribution in [3.8, 4) is 0 Å². The van der Waals surface area contributed by atoms with E-state index < -0.39 is 50.4 Å². The topological polar surface area (TPSA) is 58.9 Å². The molecular formula is C15H12Cl2F3NO3.